The SMILES string of the molecule is CC1C=C(CC2CC(C)C(C)CS2)CO1. The Morgan fingerprint density at radius 2 is 2.13 bits per heavy atom. The maximum atomic E-state index is 5.55. The average molecular weight is 226 g/mol. The lowest BCUT2D eigenvalue weighted by atomic mass is 9.90. The number of hydrogen-bond acceptors (Lipinski definition) is 2. The van der Waals surface area contributed by atoms with Crippen LogP contribution in [0.1, 0.15) is 33.6 Å². The summed E-state index contributed by atoms with van der Waals surface area (Å²) in [4.78, 5) is 0. The number of thioether (sulfide) groups is 1. The predicted molar refractivity (Wildman–Crippen MR) is 67.3 cm³/mol. The average Bonchev–Trinajstić information content (AvgIpc) is 2.58. The molecule has 2 aliphatic heterocycles. The van der Waals surface area contributed by atoms with E-state index in [4.69, 9.17) is 4.74 Å². The van der Waals surface area contributed by atoms with E-state index in [0.29, 0.717) is 6.10 Å². The van der Waals surface area contributed by atoms with Gasteiger partial charge in [-0.2, -0.15) is 11.8 Å². The number of ether oxygens (including phenoxy) is 1. The van der Waals surface area contributed by atoms with Crippen LogP contribution in [-0.2, 0) is 4.74 Å². The smallest absolute Gasteiger partial charge is 0.0735 e. The second kappa shape index (κ2) is 4.92. The highest BCUT2D eigenvalue weighted by Crippen LogP contribution is 2.37. The van der Waals surface area contributed by atoms with Gasteiger partial charge in [0, 0.05) is 5.25 Å². The van der Waals surface area contributed by atoms with E-state index in [0.717, 1.165) is 23.7 Å². The predicted octanol–water partition coefficient (Wildman–Crippen LogP) is 3.50. The maximum Gasteiger partial charge on any atom is 0.0735 e. The van der Waals surface area contributed by atoms with Gasteiger partial charge in [-0.15, -0.1) is 0 Å². The minimum absolute atomic E-state index is 0.352. The van der Waals surface area contributed by atoms with Gasteiger partial charge in [0.2, 0.25) is 0 Å². The van der Waals surface area contributed by atoms with Crippen molar-refractivity contribution in [3.63, 3.8) is 0 Å². The molecule has 2 rings (SSSR count). The Bertz CT molecular complexity index is 249. The van der Waals surface area contributed by atoms with E-state index in [2.05, 4.69) is 38.6 Å². The largest absolute Gasteiger partial charge is 0.370 e. The first-order chi connectivity index (χ1) is 7.15. The van der Waals surface area contributed by atoms with E-state index in [1.165, 1.54) is 24.2 Å². The van der Waals surface area contributed by atoms with Crippen LogP contribution in [0.3, 0.4) is 0 Å². The molecule has 4 unspecified atom stereocenters. The van der Waals surface area contributed by atoms with Gasteiger partial charge in [-0.3, -0.25) is 0 Å². The van der Waals surface area contributed by atoms with Crippen molar-refractivity contribution in [2.24, 2.45) is 11.8 Å². The summed E-state index contributed by atoms with van der Waals surface area (Å²) in [5.41, 5.74) is 1.53. The fourth-order valence-corrected chi connectivity index (χ4v) is 4.07. The Morgan fingerprint density at radius 3 is 2.73 bits per heavy atom. The third-order valence-corrected chi connectivity index (χ3v) is 5.24. The summed E-state index contributed by atoms with van der Waals surface area (Å²) in [6.45, 7) is 7.79. The molecule has 0 amide bonds. The van der Waals surface area contributed by atoms with Crippen LogP contribution >= 0.6 is 11.8 Å². The van der Waals surface area contributed by atoms with Crippen molar-refractivity contribution >= 4 is 11.8 Å². The topological polar surface area (TPSA) is 9.23 Å². The highest BCUT2D eigenvalue weighted by Gasteiger charge is 2.26. The zero-order valence-corrected chi connectivity index (χ0v) is 10.8. The van der Waals surface area contributed by atoms with Gasteiger partial charge in [-0.05, 0) is 42.9 Å². The Balaban J connectivity index is 1.83. The van der Waals surface area contributed by atoms with Gasteiger partial charge in [0.1, 0.15) is 0 Å². The summed E-state index contributed by atoms with van der Waals surface area (Å²) in [5, 5.41) is 0.844. The molecule has 2 heteroatoms. The van der Waals surface area contributed by atoms with Gasteiger partial charge >= 0.3 is 0 Å². The lowest BCUT2D eigenvalue weighted by Gasteiger charge is -2.31. The molecule has 86 valence electrons. The second-order valence-corrected chi connectivity index (χ2v) is 6.52. The van der Waals surface area contributed by atoms with Crippen molar-refractivity contribution in [1.82, 2.24) is 0 Å². The molecule has 15 heavy (non-hydrogen) atoms. The van der Waals surface area contributed by atoms with Gasteiger partial charge < -0.3 is 4.74 Å². The fraction of sp³-hybridized carbons (Fsp3) is 0.846. The van der Waals surface area contributed by atoms with Crippen LogP contribution in [0.25, 0.3) is 0 Å². The minimum Gasteiger partial charge on any atom is -0.370 e. The molecule has 0 aliphatic carbocycles. The molecule has 0 aromatic carbocycles. The van der Waals surface area contributed by atoms with E-state index >= 15 is 0 Å². The van der Waals surface area contributed by atoms with Crippen molar-refractivity contribution in [1.29, 1.82) is 0 Å². The van der Waals surface area contributed by atoms with E-state index < -0.39 is 0 Å². The Labute approximate surface area is 97.7 Å². The van der Waals surface area contributed by atoms with Crippen LogP contribution in [0.4, 0.5) is 0 Å². The van der Waals surface area contributed by atoms with Crippen molar-refractivity contribution in [2.75, 3.05) is 12.4 Å². The summed E-state index contributed by atoms with van der Waals surface area (Å²) < 4.78 is 5.55. The van der Waals surface area contributed by atoms with Crippen molar-refractivity contribution in [3.8, 4) is 0 Å². The van der Waals surface area contributed by atoms with E-state index in [1.54, 1.807) is 0 Å². The van der Waals surface area contributed by atoms with Gasteiger partial charge in [-0.1, -0.05) is 19.9 Å². The second-order valence-electron chi connectivity index (χ2n) is 5.19. The lowest BCUT2D eigenvalue weighted by molar-refractivity contribution is 0.138. The van der Waals surface area contributed by atoms with Crippen LogP contribution < -0.4 is 0 Å². The maximum absolute atomic E-state index is 5.55. The normalized spacial score (nSPS) is 41.7. The molecule has 0 spiro atoms. The summed E-state index contributed by atoms with van der Waals surface area (Å²) in [6, 6.07) is 0. The lowest BCUT2D eigenvalue weighted by Crippen LogP contribution is -2.24. The molecule has 2 heterocycles. The third-order valence-electron chi connectivity index (χ3n) is 3.69. The number of rotatable bonds is 2. The zero-order chi connectivity index (χ0) is 10.8. The quantitative estimate of drug-likeness (QED) is 0.667. The van der Waals surface area contributed by atoms with E-state index in [-0.39, 0.29) is 0 Å². The fourth-order valence-electron chi connectivity index (χ4n) is 2.40. The summed E-state index contributed by atoms with van der Waals surface area (Å²) in [6.07, 6.45) is 5.30. The molecule has 4 atom stereocenters. The molecule has 1 saturated heterocycles. The molecule has 1 fully saturated rings. The third kappa shape index (κ3) is 3.01. The summed E-state index contributed by atoms with van der Waals surface area (Å²) >= 11 is 2.17. The van der Waals surface area contributed by atoms with Crippen molar-refractivity contribution in [3.05, 3.63) is 11.6 Å². The van der Waals surface area contributed by atoms with E-state index in [9.17, 15) is 0 Å². The summed E-state index contributed by atoms with van der Waals surface area (Å²) in [7, 11) is 0. The van der Waals surface area contributed by atoms with Crippen LogP contribution in [0, 0.1) is 11.8 Å². The molecule has 0 N–H and O–H groups in total. The number of hydrogen-bond donors (Lipinski definition) is 0. The Kier molecular flexibility index (Phi) is 3.78. The van der Waals surface area contributed by atoms with Gasteiger partial charge in [0.05, 0.1) is 12.7 Å². The van der Waals surface area contributed by atoms with E-state index in [1.807, 2.05) is 0 Å². The summed E-state index contributed by atoms with van der Waals surface area (Å²) in [5.74, 6) is 3.14. The molecule has 0 radical (unpaired) electrons. The van der Waals surface area contributed by atoms with Gasteiger partial charge in [-0.25, -0.2) is 0 Å². The highest BCUT2D eigenvalue weighted by atomic mass is 32.2. The first-order valence-corrected chi connectivity index (χ1v) is 7.13. The minimum atomic E-state index is 0.352. The molecular weight excluding hydrogens is 204 g/mol. The monoisotopic (exact) mass is 226 g/mol. The zero-order valence-electron chi connectivity index (χ0n) is 10.0. The van der Waals surface area contributed by atoms with Crippen LogP contribution in [0.5, 0.6) is 0 Å². The van der Waals surface area contributed by atoms with Crippen molar-refractivity contribution < 1.29 is 4.74 Å². The van der Waals surface area contributed by atoms with Crippen molar-refractivity contribution in [2.45, 2.75) is 45.0 Å². The molecule has 0 aromatic rings. The first-order valence-electron chi connectivity index (χ1n) is 6.08. The Morgan fingerprint density at radius 1 is 1.33 bits per heavy atom. The molecule has 0 bridgehead atoms. The first kappa shape index (κ1) is 11.5. The van der Waals surface area contributed by atoms with Gasteiger partial charge in [0.25, 0.3) is 0 Å². The van der Waals surface area contributed by atoms with Crippen LogP contribution in [0.2, 0.25) is 0 Å². The molecule has 2 aliphatic rings. The standard InChI is InChI=1S/C13H22OS/c1-9-4-13(15-8-10(9)2)6-12-5-11(3)14-7-12/h5,9-11,13H,4,6-8H2,1-3H3. The van der Waals surface area contributed by atoms with Gasteiger partial charge in [0.15, 0.2) is 0 Å². The molecular formula is C13H22OS. The van der Waals surface area contributed by atoms with Crippen LogP contribution in [-0.4, -0.2) is 23.7 Å². The molecule has 0 saturated carbocycles. The van der Waals surface area contributed by atoms with Crippen LogP contribution in [0.15, 0.2) is 11.6 Å². The molecule has 1 nitrogen and oxygen atoms in total. The Hall–Kier alpha value is 0.0500. The highest BCUT2D eigenvalue weighted by molar-refractivity contribution is 7.99. The molecule has 0 aromatic heterocycles.